The fourth-order valence-corrected chi connectivity index (χ4v) is 1.22. The third-order valence-electron chi connectivity index (χ3n) is 2.04. The van der Waals surface area contributed by atoms with Gasteiger partial charge in [0.2, 0.25) is 0 Å². The molecule has 0 aromatic heterocycles. The number of hydrogen-bond donors (Lipinski definition) is 2. The van der Waals surface area contributed by atoms with Crippen molar-refractivity contribution in [2.45, 2.75) is 0 Å². The van der Waals surface area contributed by atoms with Crippen LogP contribution in [0.5, 0.6) is 0 Å². The zero-order chi connectivity index (χ0) is 15.1. The second-order valence-electron chi connectivity index (χ2n) is 3.38. The average molecular weight is 282 g/mol. The van der Waals surface area contributed by atoms with Crippen molar-refractivity contribution >= 4 is 23.9 Å². The van der Waals surface area contributed by atoms with Gasteiger partial charge in [-0.25, -0.2) is 19.2 Å². The molecule has 0 aliphatic heterocycles. The number of ether oxygens (including phenoxy) is 2. The highest BCUT2D eigenvalue weighted by Gasteiger charge is 2.22. The molecule has 0 spiro atoms. The Morgan fingerprint density at radius 2 is 1.15 bits per heavy atom. The largest absolute Gasteiger partial charge is 0.388 e. The van der Waals surface area contributed by atoms with Crippen molar-refractivity contribution in [3.63, 3.8) is 0 Å². The summed E-state index contributed by atoms with van der Waals surface area (Å²) < 4.78 is 8.48. The Kier molecular flexibility index (Phi) is 5.51. The van der Waals surface area contributed by atoms with Crippen molar-refractivity contribution in [3.05, 3.63) is 35.4 Å². The number of esters is 4. The van der Waals surface area contributed by atoms with Gasteiger partial charge in [-0.15, -0.1) is 0 Å². The lowest BCUT2D eigenvalue weighted by Gasteiger charge is -2.06. The molecule has 1 rings (SSSR count). The molecule has 0 unspecified atom stereocenters. The summed E-state index contributed by atoms with van der Waals surface area (Å²) in [4.78, 5) is 44.8. The number of carbonyl (C=O) groups excluding carboxylic acids is 4. The molecule has 0 radical (unpaired) electrons. The molecule has 0 aliphatic rings. The summed E-state index contributed by atoms with van der Waals surface area (Å²) >= 11 is 0. The van der Waals surface area contributed by atoms with Crippen LogP contribution >= 0.6 is 0 Å². The van der Waals surface area contributed by atoms with E-state index in [-0.39, 0.29) is 11.1 Å². The Labute approximate surface area is 112 Å². The first-order chi connectivity index (χ1) is 9.49. The quantitative estimate of drug-likeness (QED) is 0.534. The van der Waals surface area contributed by atoms with Crippen molar-refractivity contribution in [1.29, 1.82) is 0 Å². The highest BCUT2D eigenvalue weighted by Crippen LogP contribution is 2.12. The van der Waals surface area contributed by atoms with Crippen LogP contribution in [-0.4, -0.2) is 47.3 Å². The normalized spacial score (nSPS) is 9.70. The Morgan fingerprint density at radius 3 is 1.45 bits per heavy atom. The predicted octanol–water partition coefficient (Wildman–Crippen LogP) is -0.962. The minimum atomic E-state index is -1.19. The molecule has 8 heteroatoms. The molecule has 2 N–H and O–H groups in total. The van der Waals surface area contributed by atoms with Crippen LogP contribution in [0.15, 0.2) is 24.3 Å². The molecule has 1 aromatic rings. The monoisotopic (exact) mass is 282 g/mol. The Balaban J connectivity index is 2.98. The summed E-state index contributed by atoms with van der Waals surface area (Å²) in [6, 6.07) is 5.13. The number of benzene rings is 1. The summed E-state index contributed by atoms with van der Waals surface area (Å²) in [5.74, 6) is -4.73. The third kappa shape index (κ3) is 3.97. The second-order valence-corrected chi connectivity index (χ2v) is 3.38. The zero-order valence-electron chi connectivity index (χ0n) is 10.1. The van der Waals surface area contributed by atoms with E-state index < -0.39 is 37.1 Å². The van der Waals surface area contributed by atoms with Crippen LogP contribution in [0.25, 0.3) is 0 Å². The van der Waals surface area contributed by atoms with Gasteiger partial charge in [0.05, 0.1) is 11.1 Å². The number of hydrogen-bond acceptors (Lipinski definition) is 8. The van der Waals surface area contributed by atoms with Gasteiger partial charge in [0.15, 0.2) is 0 Å². The van der Waals surface area contributed by atoms with Gasteiger partial charge in [-0.1, -0.05) is 12.1 Å². The molecule has 0 aliphatic carbocycles. The molecule has 0 amide bonds. The van der Waals surface area contributed by atoms with E-state index in [2.05, 4.69) is 9.47 Å². The van der Waals surface area contributed by atoms with Crippen molar-refractivity contribution in [2.24, 2.45) is 0 Å². The van der Waals surface area contributed by atoms with E-state index in [4.69, 9.17) is 10.2 Å². The smallest absolute Gasteiger partial charge is 0.346 e. The molecule has 8 nitrogen and oxygen atoms in total. The Bertz CT molecular complexity index is 499. The van der Waals surface area contributed by atoms with Gasteiger partial charge in [-0.3, -0.25) is 0 Å². The minimum absolute atomic E-state index is 0.315. The number of carbonyl (C=O) groups is 4. The van der Waals surface area contributed by atoms with Crippen molar-refractivity contribution in [2.75, 3.05) is 13.2 Å². The second kappa shape index (κ2) is 7.12. The molecule has 20 heavy (non-hydrogen) atoms. The van der Waals surface area contributed by atoms with Gasteiger partial charge in [0.1, 0.15) is 13.2 Å². The fraction of sp³-hybridized carbons (Fsp3) is 0.167. The molecule has 1 aromatic carbocycles. The third-order valence-corrected chi connectivity index (χ3v) is 2.04. The van der Waals surface area contributed by atoms with Gasteiger partial charge >= 0.3 is 23.9 Å². The van der Waals surface area contributed by atoms with E-state index in [1.165, 1.54) is 24.3 Å². The molecule has 0 fully saturated rings. The fourth-order valence-electron chi connectivity index (χ4n) is 1.22. The molecule has 0 bridgehead atoms. The maximum atomic E-state index is 11.6. The number of aliphatic hydroxyl groups excluding tert-OH is 2. The van der Waals surface area contributed by atoms with Crippen molar-refractivity contribution in [3.8, 4) is 0 Å². The maximum Gasteiger partial charge on any atom is 0.346 e. The summed E-state index contributed by atoms with van der Waals surface area (Å²) in [5.41, 5.74) is -0.630. The van der Waals surface area contributed by atoms with Crippen LogP contribution in [0.1, 0.15) is 20.7 Å². The van der Waals surface area contributed by atoms with E-state index in [9.17, 15) is 19.2 Å². The minimum Gasteiger partial charge on any atom is -0.388 e. The van der Waals surface area contributed by atoms with E-state index >= 15 is 0 Å². The van der Waals surface area contributed by atoms with Crippen LogP contribution in [-0.2, 0) is 19.1 Å². The first-order valence-electron chi connectivity index (χ1n) is 5.30. The van der Waals surface area contributed by atoms with Crippen LogP contribution in [0.3, 0.4) is 0 Å². The van der Waals surface area contributed by atoms with Crippen LogP contribution in [0, 0.1) is 0 Å². The van der Waals surface area contributed by atoms with Gasteiger partial charge in [0.25, 0.3) is 0 Å². The predicted molar refractivity (Wildman–Crippen MR) is 61.5 cm³/mol. The molecule has 106 valence electrons. The molecular formula is C12H10O8. The summed E-state index contributed by atoms with van der Waals surface area (Å²) in [6.45, 7) is -2.00. The highest BCUT2D eigenvalue weighted by molar-refractivity contribution is 6.07. The van der Waals surface area contributed by atoms with Gasteiger partial charge in [-0.05, 0) is 12.1 Å². The lowest BCUT2D eigenvalue weighted by molar-refractivity contribution is -0.142. The van der Waals surface area contributed by atoms with E-state index in [0.717, 1.165) is 0 Å². The zero-order valence-corrected chi connectivity index (χ0v) is 10.1. The number of aliphatic hydroxyl groups is 2. The van der Waals surface area contributed by atoms with Crippen molar-refractivity contribution < 1.29 is 38.9 Å². The summed E-state index contributed by atoms with van der Waals surface area (Å²) in [5, 5.41) is 16.9. The Hall–Kier alpha value is -2.58. The average Bonchev–Trinajstić information content (AvgIpc) is 2.46. The lowest BCUT2D eigenvalue weighted by atomic mass is 10.1. The standard InChI is InChI=1S/C12H10O8/c13-5-9(15)19-11(17)7-3-1-2-4-8(7)12(18)20-10(16)6-14/h1-4,13-14H,5-6H2. The molecular weight excluding hydrogens is 272 g/mol. The molecule has 0 heterocycles. The Morgan fingerprint density at radius 1 is 0.800 bits per heavy atom. The van der Waals surface area contributed by atoms with E-state index in [1.54, 1.807) is 0 Å². The molecule has 0 saturated carbocycles. The molecule has 0 atom stereocenters. The van der Waals surface area contributed by atoms with Crippen LogP contribution < -0.4 is 0 Å². The highest BCUT2D eigenvalue weighted by atomic mass is 16.6. The maximum absolute atomic E-state index is 11.6. The summed E-state index contributed by atoms with van der Waals surface area (Å²) in [6.07, 6.45) is 0. The lowest BCUT2D eigenvalue weighted by Crippen LogP contribution is -2.21. The first kappa shape index (κ1) is 15.5. The van der Waals surface area contributed by atoms with Crippen LogP contribution in [0.2, 0.25) is 0 Å². The molecule has 0 saturated heterocycles. The van der Waals surface area contributed by atoms with Gasteiger partial charge < -0.3 is 19.7 Å². The van der Waals surface area contributed by atoms with E-state index in [0.29, 0.717) is 0 Å². The topological polar surface area (TPSA) is 127 Å². The van der Waals surface area contributed by atoms with Crippen molar-refractivity contribution in [1.82, 2.24) is 0 Å². The van der Waals surface area contributed by atoms with Gasteiger partial charge in [0, 0.05) is 0 Å². The first-order valence-corrected chi connectivity index (χ1v) is 5.30. The SMILES string of the molecule is O=C(CO)OC(=O)c1ccccc1C(=O)OC(=O)CO. The van der Waals surface area contributed by atoms with Gasteiger partial charge in [-0.2, -0.15) is 0 Å². The summed E-state index contributed by atoms with van der Waals surface area (Å²) in [7, 11) is 0. The van der Waals surface area contributed by atoms with E-state index in [1.807, 2.05) is 0 Å². The van der Waals surface area contributed by atoms with Crippen LogP contribution in [0.4, 0.5) is 0 Å². The number of rotatable bonds is 4.